The number of hydrogen-bond donors (Lipinski definition) is 1. The molecule has 0 unspecified atom stereocenters. The number of hydrogen-bond acceptors (Lipinski definition) is 6. The molecule has 1 aromatic rings. The zero-order chi connectivity index (χ0) is 14.9. The molecule has 1 saturated heterocycles. The van der Waals surface area contributed by atoms with E-state index in [0.29, 0.717) is 23.8 Å². The van der Waals surface area contributed by atoms with Crippen molar-refractivity contribution >= 4 is 28.2 Å². The number of ether oxygens (including phenoxy) is 1. The third-order valence-corrected chi connectivity index (χ3v) is 4.52. The van der Waals surface area contributed by atoms with E-state index in [4.69, 9.17) is 10.5 Å². The van der Waals surface area contributed by atoms with E-state index in [-0.39, 0.29) is 18.1 Å². The Bertz CT molecular complexity index is 481. The van der Waals surface area contributed by atoms with Crippen LogP contribution in [-0.4, -0.2) is 54.7 Å². The maximum absolute atomic E-state index is 12.6. The summed E-state index contributed by atoms with van der Waals surface area (Å²) in [7, 11) is 1.94. The van der Waals surface area contributed by atoms with Gasteiger partial charge in [0.2, 0.25) is 0 Å². The molecule has 0 spiro atoms. The summed E-state index contributed by atoms with van der Waals surface area (Å²) in [6, 6.07) is 0. The molecule has 0 saturated carbocycles. The number of morpholine rings is 1. The lowest BCUT2D eigenvalue weighted by Gasteiger charge is -2.35. The van der Waals surface area contributed by atoms with Crippen LogP contribution in [0.4, 0.5) is 10.9 Å². The fraction of sp³-hybridized carbons (Fsp3) is 0.692. The van der Waals surface area contributed by atoms with Gasteiger partial charge in [-0.25, -0.2) is 4.98 Å². The van der Waals surface area contributed by atoms with E-state index >= 15 is 0 Å². The number of nitrogens with two attached hydrogens (primary N) is 1. The van der Waals surface area contributed by atoms with Gasteiger partial charge >= 0.3 is 0 Å². The van der Waals surface area contributed by atoms with Crippen LogP contribution in [0.1, 0.15) is 30.4 Å². The van der Waals surface area contributed by atoms with Crippen LogP contribution >= 0.6 is 11.3 Å². The number of nitrogens with zero attached hydrogens (tertiary/aromatic N) is 3. The number of carbonyl (C=O) groups excluding carboxylic acids is 1. The van der Waals surface area contributed by atoms with Gasteiger partial charge in [-0.1, -0.05) is 11.3 Å². The molecule has 2 atom stereocenters. The lowest BCUT2D eigenvalue weighted by Crippen LogP contribution is -2.48. The van der Waals surface area contributed by atoms with Crippen molar-refractivity contribution in [3.05, 3.63) is 4.88 Å². The first-order chi connectivity index (χ1) is 9.42. The lowest BCUT2D eigenvalue weighted by atomic mass is 10.2. The molecule has 0 bridgehead atoms. The van der Waals surface area contributed by atoms with E-state index in [1.54, 1.807) is 4.90 Å². The van der Waals surface area contributed by atoms with Crippen molar-refractivity contribution in [1.29, 1.82) is 0 Å². The molecule has 0 radical (unpaired) electrons. The average molecular weight is 298 g/mol. The Hall–Kier alpha value is -1.34. The quantitative estimate of drug-likeness (QED) is 0.914. The van der Waals surface area contributed by atoms with Gasteiger partial charge in [0, 0.05) is 26.7 Å². The highest BCUT2D eigenvalue weighted by Gasteiger charge is 2.29. The van der Waals surface area contributed by atoms with Crippen LogP contribution in [0, 0.1) is 0 Å². The van der Waals surface area contributed by atoms with E-state index in [2.05, 4.69) is 4.98 Å². The second-order valence-corrected chi connectivity index (χ2v) is 6.17. The molecule has 1 aromatic heterocycles. The van der Waals surface area contributed by atoms with Crippen molar-refractivity contribution in [3.8, 4) is 0 Å². The Morgan fingerprint density at radius 2 is 2.10 bits per heavy atom. The Morgan fingerprint density at radius 3 is 2.65 bits per heavy atom. The van der Waals surface area contributed by atoms with Crippen molar-refractivity contribution in [2.24, 2.45) is 0 Å². The Balaban J connectivity index is 2.18. The molecule has 1 aliphatic rings. The van der Waals surface area contributed by atoms with Crippen molar-refractivity contribution < 1.29 is 9.53 Å². The smallest absolute Gasteiger partial charge is 0.268 e. The minimum absolute atomic E-state index is 0.0437. The van der Waals surface area contributed by atoms with Gasteiger partial charge in [0.1, 0.15) is 10.7 Å². The molecule has 1 aliphatic heterocycles. The van der Waals surface area contributed by atoms with Crippen LogP contribution < -0.4 is 10.6 Å². The SMILES string of the molecule is CCN(C)c1nc(N)c(C(=O)N2C[C@@H](C)O[C@@H](C)C2)s1. The van der Waals surface area contributed by atoms with Crippen molar-refractivity contribution in [2.45, 2.75) is 33.0 Å². The van der Waals surface area contributed by atoms with Gasteiger partial charge in [0.15, 0.2) is 5.13 Å². The summed E-state index contributed by atoms with van der Waals surface area (Å²) in [4.78, 5) is 21.2. The molecule has 112 valence electrons. The molecule has 6 nitrogen and oxygen atoms in total. The third kappa shape index (κ3) is 3.04. The second kappa shape index (κ2) is 5.97. The number of aromatic nitrogens is 1. The first kappa shape index (κ1) is 15.1. The highest BCUT2D eigenvalue weighted by molar-refractivity contribution is 7.18. The molecule has 2 N–H and O–H groups in total. The van der Waals surface area contributed by atoms with Gasteiger partial charge in [-0.3, -0.25) is 4.79 Å². The van der Waals surface area contributed by atoms with Crippen molar-refractivity contribution in [3.63, 3.8) is 0 Å². The van der Waals surface area contributed by atoms with Crippen LogP contribution in [0.15, 0.2) is 0 Å². The third-order valence-electron chi connectivity index (χ3n) is 3.34. The number of thiazole rings is 1. The van der Waals surface area contributed by atoms with Crippen LogP contribution in [0.5, 0.6) is 0 Å². The number of amides is 1. The summed E-state index contributed by atoms with van der Waals surface area (Å²) >= 11 is 1.35. The minimum atomic E-state index is -0.0437. The molecule has 1 amide bonds. The zero-order valence-corrected chi connectivity index (χ0v) is 13.2. The van der Waals surface area contributed by atoms with Gasteiger partial charge in [-0.2, -0.15) is 0 Å². The number of anilines is 2. The van der Waals surface area contributed by atoms with Gasteiger partial charge in [0.25, 0.3) is 5.91 Å². The van der Waals surface area contributed by atoms with Crippen LogP contribution in [0.25, 0.3) is 0 Å². The first-order valence-corrected chi connectivity index (χ1v) is 7.66. The molecule has 7 heteroatoms. The topological polar surface area (TPSA) is 71.7 Å². The van der Waals surface area contributed by atoms with E-state index < -0.39 is 0 Å². The molecule has 0 aliphatic carbocycles. The molecule has 0 aromatic carbocycles. The largest absolute Gasteiger partial charge is 0.382 e. The van der Waals surface area contributed by atoms with Crippen LogP contribution in [-0.2, 0) is 4.74 Å². The summed E-state index contributed by atoms with van der Waals surface area (Å²) in [6.45, 7) is 8.00. The summed E-state index contributed by atoms with van der Waals surface area (Å²) in [5, 5.41) is 0.780. The summed E-state index contributed by atoms with van der Waals surface area (Å²) in [6.07, 6.45) is 0.101. The van der Waals surface area contributed by atoms with E-state index in [1.165, 1.54) is 11.3 Å². The Labute approximate surface area is 123 Å². The number of rotatable bonds is 3. The molecule has 20 heavy (non-hydrogen) atoms. The first-order valence-electron chi connectivity index (χ1n) is 6.84. The maximum atomic E-state index is 12.6. The highest BCUT2D eigenvalue weighted by atomic mass is 32.1. The van der Waals surface area contributed by atoms with E-state index in [9.17, 15) is 4.79 Å². The molecular formula is C13H22N4O2S. The standard InChI is InChI=1S/C13H22N4O2S/c1-5-16(4)13-15-11(14)10(20-13)12(18)17-6-8(2)19-9(3)7-17/h8-9H,5-7,14H2,1-4H3/t8-,9+. The lowest BCUT2D eigenvalue weighted by molar-refractivity contribution is -0.0584. The zero-order valence-electron chi connectivity index (χ0n) is 12.4. The Kier molecular flexibility index (Phi) is 4.49. The normalized spacial score (nSPS) is 22.9. The van der Waals surface area contributed by atoms with Gasteiger partial charge in [-0.05, 0) is 20.8 Å². The monoisotopic (exact) mass is 298 g/mol. The summed E-state index contributed by atoms with van der Waals surface area (Å²) in [5.74, 6) is 0.278. The van der Waals surface area contributed by atoms with E-state index in [0.717, 1.165) is 11.7 Å². The predicted octanol–water partition coefficient (Wildman–Crippen LogP) is 1.43. The highest BCUT2D eigenvalue weighted by Crippen LogP contribution is 2.29. The van der Waals surface area contributed by atoms with Gasteiger partial charge in [0.05, 0.1) is 12.2 Å². The second-order valence-electron chi connectivity index (χ2n) is 5.19. The van der Waals surface area contributed by atoms with Gasteiger partial charge in [-0.15, -0.1) is 0 Å². The number of nitrogen functional groups attached to an aromatic ring is 1. The van der Waals surface area contributed by atoms with Crippen molar-refractivity contribution in [2.75, 3.05) is 37.3 Å². The van der Waals surface area contributed by atoms with Crippen LogP contribution in [0.2, 0.25) is 0 Å². The number of carbonyl (C=O) groups is 1. The molecule has 2 rings (SSSR count). The minimum Gasteiger partial charge on any atom is -0.382 e. The predicted molar refractivity (Wildman–Crippen MR) is 81.4 cm³/mol. The maximum Gasteiger partial charge on any atom is 0.268 e. The average Bonchev–Trinajstić information content (AvgIpc) is 2.78. The fourth-order valence-corrected chi connectivity index (χ4v) is 3.24. The van der Waals surface area contributed by atoms with Crippen LogP contribution in [0.3, 0.4) is 0 Å². The Morgan fingerprint density at radius 1 is 1.50 bits per heavy atom. The summed E-state index contributed by atoms with van der Waals surface area (Å²) in [5.41, 5.74) is 5.90. The molecular weight excluding hydrogens is 276 g/mol. The molecule has 1 fully saturated rings. The van der Waals surface area contributed by atoms with Crippen molar-refractivity contribution in [1.82, 2.24) is 9.88 Å². The van der Waals surface area contributed by atoms with E-state index in [1.807, 2.05) is 32.7 Å². The fourth-order valence-electron chi connectivity index (χ4n) is 2.26. The molecule has 2 heterocycles. The summed E-state index contributed by atoms with van der Waals surface area (Å²) < 4.78 is 5.65. The van der Waals surface area contributed by atoms with Gasteiger partial charge < -0.3 is 20.3 Å².